The molecule has 170 valence electrons. The van der Waals surface area contributed by atoms with E-state index in [1.165, 1.54) is 18.5 Å². The molecule has 4 rings (SSSR count). The van der Waals surface area contributed by atoms with Crippen LogP contribution in [-0.4, -0.2) is 36.8 Å². The van der Waals surface area contributed by atoms with Crippen molar-refractivity contribution in [3.05, 3.63) is 102 Å². The summed E-state index contributed by atoms with van der Waals surface area (Å²) >= 11 is 0. The SMILES string of the molecule is C[C@H](c1ccc(F)cc1)n1cncc1CNCC(=O)NCc1ccccc1Cn1cncn1. The van der Waals surface area contributed by atoms with Gasteiger partial charge in [0.2, 0.25) is 5.91 Å². The molecule has 0 unspecified atom stereocenters. The number of imidazole rings is 1. The fraction of sp³-hybridized carbons (Fsp3) is 0.250. The number of carbonyl (C=O) groups excluding carboxylic acids is 1. The summed E-state index contributed by atoms with van der Waals surface area (Å²) in [5.41, 5.74) is 4.04. The molecular formula is C24H26FN7O. The third-order valence-electron chi connectivity index (χ3n) is 5.50. The van der Waals surface area contributed by atoms with Crippen molar-refractivity contribution in [3.63, 3.8) is 0 Å². The first-order valence-electron chi connectivity index (χ1n) is 10.7. The molecule has 0 aliphatic heterocycles. The molecule has 4 aromatic rings. The van der Waals surface area contributed by atoms with Crippen LogP contribution in [0.15, 0.2) is 73.7 Å². The molecule has 0 spiro atoms. The highest BCUT2D eigenvalue weighted by Gasteiger charge is 2.12. The van der Waals surface area contributed by atoms with Gasteiger partial charge >= 0.3 is 0 Å². The van der Waals surface area contributed by atoms with E-state index in [1.807, 2.05) is 35.8 Å². The fourth-order valence-electron chi connectivity index (χ4n) is 3.65. The molecule has 0 saturated carbocycles. The summed E-state index contributed by atoms with van der Waals surface area (Å²) < 4.78 is 17.0. The normalized spacial score (nSPS) is 11.9. The zero-order chi connectivity index (χ0) is 23.0. The van der Waals surface area contributed by atoms with Crippen molar-refractivity contribution < 1.29 is 9.18 Å². The van der Waals surface area contributed by atoms with E-state index >= 15 is 0 Å². The number of amides is 1. The van der Waals surface area contributed by atoms with Gasteiger partial charge in [-0.15, -0.1) is 0 Å². The monoisotopic (exact) mass is 447 g/mol. The number of carbonyl (C=O) groups is 1. The van der Waals surface area contributed by atoms with Gasteiger partial charge in [-0.1, -0.05) is 36.4 Å². The van der Waals surface area contributed by atoms with Gasteiger partial charge in [0.25, 0.3) is 0 Å². The molecule has 2 aromatic heterocycles. The van der Waals surface area contributed by atoms with Crippen molar-refractivity contribution in [2.45, 2.75) is 32.6 Å². The average molecular weight is 448 g/mol. The average Bonchev–Trinajstić information content (AvgIpc) is 3.51. The van der Waals surface area contributed by atoms with E-state index in [4.69, 9.17) is 0 Å². The van der Waals surface area contributed by atoms with Crippen LogP contribution < -0.4 is 10.6 Å². The highest BCUT2D eigenvalue weighted by molar-refractivity contribution is 5.78. The van der Waals surface area contributed by atoms with Crippen molar-refractivity contribution in [1.82, 2.24) is 34.9 Å². The summed E-state index contributed by atoms with van der Waals surface area (Å²) in [4.78, 5) is 20.6. The van der Waals surface area contributed by atoms with E-state index in [0.717, 1.165) is 22.4 Å². The summed E-state index contributed by atoms with van der Waals surface area (Å²) in [5, 5.41) is 10.3. The number of rotatable bonds is 10. The summed E-state index contributed by atoms with van der Waals surface area (Å²) in [6.45, 7) is 3.73. The van der Waals surface area contributed by atoms with Crippen LogP contribution >= 0.6 is 0 Å². The van der Waals surface area contributed by atoms with E-state index in [-0.39, 0.29) is 24.3 Å². The Hall–Kier alpha value is -3.85. The van der Waals surface area contributed by atoms with Gasteiger partial charge < -0.3 is 15.2 Å². The van der Waals surface area contributed by atoms with E-state index < -0.39 is 0 Å². The summed E-state index contributed by atoms with van der Waals surface area (Å²) in [5.74, 6) is -0.353. The molecule has 2 heterocycles. The molecule has 1 atom stereocenters. The van der Waals surface area contributed by atoms with Crippen LogP contribution in [0.1, 0.15) is 35.3 Å². The van der Waals surface area contributed by atoms with Crippen LogP contribution in [0.3, 0.4) is 0 Å². The van der Waals surface area contributed by atoms with Crippen molar-refractivity contribution in [2.24, 2.45) is 0 Å². The van der Waals surface area contributed by atoms with Gasteiger partial charge in [0.15, 0.2) is 0 Å². The lowest BCUT2D eigenvalue weighted by atomic mass is 10.1. The zero-order valence-corrected chi connectivity index (χ0v) is 18.4. The predicted molar refractivity (Wildman–Crippen MR) is 122 cm³/mol. The Kier molecular flexibility index (Phi) is 7.21. The zero-order valence-electron chi connectivity index (χ0n) is 18.4. The van der Waals surface area contributed by atoms with Gasteiger partial charge in [-0.25, -0.2) is 19.0 Å². The van der Waals surface area contributed by atoms with Crippen molar-refractivity contribution in [1.29, 1.82) is 0 Å². The smallest absolute Gasteiger partial charge is 0.234 e. The van der Waals surface area contributed by atoms with Crippen LogP contribution in [0.25, 0.3) is 0 Å². The minimum Gasteiger partial charge on any atom is -0.351 e. The first kappa shape index (κ1) is 22.3. The van der Waals surface area contributed by atoms with Crippen LogP contribution in [0.2, 0.25) is 0 Å². The second-order valence-corrected chi connectivity index (χ2v) is 7.76. The molecule has 33 heavy (non-hydrogen) atoms. The van der Waals surface area contributed by atoms with Gasteiger partial charge in [0.1, 0.15) is 18.5 Å². The van der Waals surface area contributed by atoms with Gasteiger partial charge in [0.05, 0.1) is 31.2 Å². The van der Waals surface area contributed by atoms with Crippen LogP contribution in [0, 0.1) is 5.82 Å². The Morgan fingerprint density at radius 3 is 2.58 bits per heavy atom. The van der Waals surface area contributed by atoms with E-state index in [1.54, 1.807) is 35.7 Å². The molecular weight excluding hydrogens is 421 g/mol. The molecule has 0 aliphatic rings. The maximum Gasteiger partial charge on any atom is 0.234 e. The van der Waals surface area contributed by atoms with Gasteiger partial charge in [-0.2, -0.15) is 5.10 Å². The number of aromatic nitrogens is 5. The number of hydrogen-bond donors (Lipinski definition) is 2. The molecule has 9 heteroatoms. The predicted octanol–water partition coefficient (Wildman–Crippen LogP) is 2.68. The second kappa shape index (κ2) is 10.6. The lowest BCUT2D eigenvalue weighted by molar-refractivity contribution is -0.120. The molecule has 0 bridgehead atoms. The Morgan fingerprint density at radius 2 is 1.82 bits per heavy atom. The number of benzene rings is 2. The third-order valence-corrected chi connectivity index (χ3v) is 5.50. The molecule has 1 amide bonds. The Morgan fingerprint density at radius 1 is 1.03 bits per heavy atom. The first-order valence-corrected chi connectivity index (χ1v) is 10.7. The van der Waals surface area contributed by atoms with Gasteiger partial charge in [-0.05, 0) is 35.7 Å². The topological polar surface area (TPSA) is 89.7 Å². The third kappa shape index (κ3) is 5.89. The lowest BCUT2D eigenvalue weighted by Gasteiger charge is -2.17. The number of nitrogens with one attached hydrogen (secondary N) is 2. The number of nitrogens with zero attached hydrogens (tertiary/aromatic N) is 5. The lowest BCUT2D eigenvalue weighted by Crippen LogP contribution is -2.34. The van der Waals surface area contributed by atoms with Gasteiger partial charge in [0, 0.05) is 19.3 Å². The quantitative estimate of drug-likeness (QED) is 0.390. The first-order chi connectivity index (χ1) is 16.1. The molecule has 0 saturated heterocycles. The Bertz CT molecular complexity index is 1170. The molecule has 2 N–H and O–H groups in total. The minimum absolute atomic E-state index is 0.000199. The van der Waals surface area contributed by atoms with Crippen LogP contribution in [0.5, 0.6) is 0 Å². The standard InChI is InChI=1S/C24H26FN7O/c1-18(19-6-8-22(25)9-7-19)32-17-27-12-23(32)11-26-13-24(33)29-10-20-4-2-3-5-21(20)14-31-16-28-15-30-31/h2-9,12,15-18,26H,10-11,13-14H2,1H3,(H,29,33)/t18-/m1/s1. The number of hydrogen-bond acceptors (Lipinski definition) is 5. The summed E-state index contributed by atoms with van der Waals surface area (Å²) in [7, 11) is 0. The molecule has 0 radical (unpaired) electrons. The van der Waals surface area contributed by atoms with Crippen LogP contribution in [-0.2, 0) is 24.4 Å². The Balaban J connectivity index is 1.27. The Labute approximate surface area is 191 Å². The van der Waals surface area contributed by atoms with Crippen molar-refractivity contribution in [3.8, 4) is 0 Å². The fourth-order valence-corrected chi connectivity index (χ4v) is 3.65. The molecule has 0 aliphatic carbocycles. The maximum atomic E-state index is 13.2. The summed E-state index contributed by atoms with van der Waals surface area (Å²) in [6, 6.07) is 14.4. The molecule has 0 fully saturated rings. The number of halogens is 1. The van der Waals surface area contributed by atoms with Crippen molar-refractivity contribution in [2.75, 3.05) is 6.54 Å². The van der Waals surface area contributed by atoms with E-state index in [2.05, 4.69) is 25.7 Å². The molecule has 8 nitrogen and oxygen atoms in total. The second-order valence-electron chi connectivity index (χ2n) is 7.76. The largest absolute Gasteiger partial charge is 0.351 e. The van der Waals surface area contributed by atoms with Crippen LogP contribution in [0.4, 0.5) is 4.39 Å². The van der Waals surface area contributed by atoms with E-state index in [0.29, 0.717) is 19.6 Å². The van der Waals surface area contributed by atoms with Crippen molar-refractivity contribution >= 4 is 5.91 Å². The summed E-state index contributed by atoms with van der Waals surface area (Å²) in [6.07, 6.45) is 6.69. The minimum atomic E-state index is -0.259. The maximum absolute atomic E-state index is 13.2. The van der Waals surface area contributed by atoms with E-state index in [9.17, 15) is 9.18 Å². The highest BCUT2D eigenvalue weighted by Crippen LogP contribution is 2.20. The molecule has 2 aromatic carbocycles. The van der Waals surface area contributed by atoms with Gasteiger partial charge in [-0.3, -0.25) is 4.79 Å². The highest BCUT2D eigenvalue weighted by atomic mass is 19.1.